The second kappa shape index (κ2) is 8.10. The van der Waals surface area contributed by atoms with Gasteiger partial charge >= 0.3 is 11.6 Å². The molecule has 0 saturated carbocycles. The number of hydrogen-bond acceptors (Lipinski definition) is 5. The summed E-state index contributed by atoms with van der Waals surface area (Å²) in [5, 5.41) is 0.690. The van der Waals surface area contributed by atoms with Crippen LogP contribution in [0.2, 0.25) is 0 Å². The van der Waals surface area contributed by atoms with Crippen LogP contribution in [0.4, 0.5) is 10.1 Å². The quantitative estimate of drug-likeness (QED) is 0.475. The van der Waals surface area contributed by atoms with E-state index in [0.29, 0.717) is 16.5 Å². The van der Waals surface area contributed by atoms with Crippen LogP contribution < -0.4 is 10.5 Å². The van der Waals surface area contributed by atoms with Crippen LogP contribution in [0.25, 0.3) is 11.0 Å². The molecule has 4 rings (SSSR count). The molecule has 6 nitrogen and oxygen atoms in total. The number of ether oxygens (including phenoxy) is 1. The molecule has 154 valence electrons. The Balaban J connectivity index is 1.48. The Morgan fingerprint density at radius 2 is 2.00 bits per heavy atom. The molecule has 2 heterocycles. The molecule has 2 aromatic carbocycles. The SMILES string of the molecule is CCc1ccc2c(COC(=O)[C@H]3CC(=O)N(c4ccccc4F)C3)cc(=O)oc2c1. The highest BCUT2D eigenvalue weighted by Gasteiger charge is 2.37. The van der Waals surface area contributed by atoms with Gasteiger partial charge in [0.2, 0.25) is 5.91 Å². The zero-order valence-corrected chi connectivity index (χ0v) is 16.4. The van der Waals surface area contributed by atoms with E-state index in [9.17, 15) is 18.8 Å². The predicted octanol–water partition coefficient (Wildman–Crippen LogP) is 3.59. The van der Waals surface area contributed by atoms with Gasteiger partial charge in [0.25, 0.3) is 0 Å². The summed E-state index contributed by atoms with van der Waals surface area (Å²) in [6, 6.07) is 12.8. The molecule has 7 heteroatoms. The van der Waals surface area contributed by atoms with Crippen LogP contribution in [0.3, 0.4) is 0 Å². The zero-order chi connectivity index (χ0) is 21.3. The lowest BCUT2D eigenvalue weighted by Gasteiger charge is -2.17. The molecular formula is C23H20FNO5. The average Bonchev–Trinajstić information content (AvgIpc) is 3.13. The molecule has 1 amide bonds. The molecule has 3 aromatic rings. The lowest BCUT2D eigenvalue weighted by molar-refractivity contribution is -0.149. The summed E-state index contributed by atoms with van der Waals surface area (Å²) in [5.41, 5.74) is 1.62. The monoisotopic (exact) mass is 409 g/mol. The Hall–Kier alpha value is -3.48. The molecule has 0 spiro atoms. The van der Waals surface area contributed by atoms with Gasteiger partial charge in [-0.15, -0.1) is 0 Å². The van der Waals surface area contributed by atoms with Crippen molar-refractivity contribution in [2.24, 2.45) is 5.92 Å². The lowest BCUT2D eigenvalue weighted by Crippen LogP contribution is -2.27. The van der Waals surface area contributed by atoms with E-state index in [2.05, 4.69) is 0 Å². The summed E-state index contributed by atoms with van der Waals surface area (Å²) >= 11 is 0. The second-order valence-electron chi connectivity index (χ2n) is 7.24. The third-order valence-corrected chi connectivity index (χ3v) is 5.27. The van der Waals surface area contributed by atoms with Gasteiger partial charge in [0, 0.05) is 30.0 Å². The number of benzene rings is 2. The van der Waals surface area contributed by atoms with Gasteiger partial charge in [0.05, 0.1) is 11.6 Å². The Labute approximate surface area is 171 Å². The summed E-state index contributed by atoms with van der Waals surface area (Å²) in [5.74, 6) is -2.11. The Morgan fingerprint density at radius 3 is 2.77 bits per heavy atom. The van der Waals surface area contributed by atoms with Crippen LogP contribution in [-0.2, 0) is 27.4 Å². The first-order valence-corrected chi connectivity index (χ1v) is 9.73. The normalized spacial score (nSPS) is 16.3. The first kappa shape index (κ1) is 19.8. The maximum Gasteiger partial charge on any atom is 0.336 e. The first-order valence-electron chi connectivity index (χ1n) is 9.73. The number of para-hydroxylation sites is 1. The third kappa shape index (κ3) is 3.83. The van der Waals surface area contributed by atoms with E-state index < -0.39 is 23.3 Å². The first-order chi connectivity index (χ1) is 14.5. The Morgan fingerprint density at radius 1 is 1.20 bits per heavy atom. The van der Waals surface area contributed by atoms with Gasteiger partial charge in [0.1, 0.15) is 18.0 Å². The largest absolute Gasteiger partial charge is 0.461 e. The highest BCUT2D eigenvalue weighted by Crippen LogP contribution is 2.28. The number of halogens is 1. The standard InChI is InChI=1S/C23H20FNO5/c1-2-14-7-8-17-16(11-22(27)30-20(17)9-14)13-29-23(28)15-10-21(26)25(12-15)19-6-4-3-5-18(19)24/h3-9,11,15H,2,10,12-13H2,1H3/t15-/m0/s1. The van der Waals surface area contributed by atoms with E-state index in [1.165, 1.54) is 29.2 Å². The molecular weight excluding hydrogens is 389 g/mol. The molecule has 0 aliphatic carbocycles. The van der Waals surface area contributed by atoms with Crippen molar-refractivity contribution >= 4 is 28.5 Å². The Kier molecular flexibility index (Phi) is 5.35. The fourth-order valence-electron chi connectivity index (χ4n) is 3.65. The number of nitrogens with zero attached hydrogens (tertiary/aromatic N) is 1. The molecule has 1 aliphatic heterocycles. The van der Waals surface area contributed by atoms with Crippen LogP contribution in [0.1, 0.15) is 24.5 Å². The lowest BCUT2D eigenvalue weighted by atomic mass is 10.1. The van der Waals surface area contributed by atoms with Crippen LogP contribution in [0.15, 0.2) is 57.7 Å². The summed E-state index contributed by atoms with van der Waals surface area (Å²) < 4.78 is 24.7. The molecule has 1 fully saturated rings. The summed E-state index contributed by atoms with van der Waals surface area (Å²) in [6.45, 7) is 1.94. The fraction of sp³-hybridized carbons (Fsp3) is 0.261. The van der Waals surface area contributed by atoms with Gasteiger partial charge < -0.3 is 14.1 Å². The molecule has 0 unspecified atom stereocenters. The maximum atomic E-state index is 14.0. The van der Waals surface area contributed by atoms with E-state index in [1.54, 1.807) is 12.1 Å². The van der Waals surface area contributed by atoms with Crippen LogP contribution in [-0.4, -0.2) is 18.4 Å². The maximum absolute atomic E-state index is 14.0. The van der Waals surface area contributed by atoms with Gasteiger partial charge in [-0.3, -0.25) is 9.59 Å². The van der Waals surface area contributed by atoms with Crippen LogP contribution in [0, 0.1) is 11.7 Å². The smallest absolute Gasteiger partial charge is 0.336 e. The molecule has 1 aromatic heterocycles. The van der Waals surface area contributed by atoms with Crippen molar-refractivity contribution in [2.45, 2.75) is 26.4 Å². The average molecular weight is 409 g/mol. The van der Waals surface area contributed by atoms with E-state index in [1.807, 2.05) is 19.1 Å². The van der Waals surface area contributed by atoms with Crippen molar-refractivity contribution in [3.05, 3.63) is 75.9 Å². The number of esters is 1. The number of amides is 1. The van der Waals surface area contributed by atoms with Gasteiger partial charge in [-0.1, -0.05) is 31.2 Å². The molecule has 30 heavy (non-hydrogen) atoms. The Bertz CT molecular complexity index is 1190. The van der Waals surface area contributed by atoms with Crippen LogP contribution in [0.5, 0.6) is 0 Å². The highest BCUT2D eigenvalue weighted by atomic mass is 19.1. The summed E-state index contributed by atoms with van der Waals surface area (Å²) in [7, 11) is 0. The van der Waals surface area contributed by atoms with Crippen LogP contribution >= 0.6 is 0 Å². The minimum absolute atomic E-state index is 0.0509. The molecule has 1 saturated heterocycles. The highest BCUT2D eigenvalue weighted by molar-refractivity contribution is 5.99. The fourth-order valence-corrected chi connectivity index (χ4v) is 3.65. The van der Waals surface area contributed by atoms with E-state index in [0.717, 1.165) is 12.0 Å². The number of aryl methyl sites for hydroxylation is 1. The number of fused-ring (bicyclic) bond motifs is 1. The minimum Gasteiger partial charge on any atom is -0.461 e. The zero-order valence-electron chi connectivity index (χ0n) is 16.4. The van der Waals surface area contributed by atoms with Crippen molar-refractivity contribution < 1.29 is 23.1 Å². The second-order valence-corrected chi connectivity index (χ2v) is 7.24. The topological polar surface area (TPSA) is 76.8 Å². The van der Waals surface area contributed by atoms with Gasteiger partial charge in [0.15, 0.2) is 0 Å². The third-order valence-electron chi connectivity index (χ3n) is 5.27. The molecule has 0 bridgehead atoms. The summed E-state index contributed by atoms with van der Waals surface area (Å²) in [4.78, 5) is 38.0. The van der Waals surface area contributed by atoms with Crippen molar-refractivity contribution in [3.63, 3.8) is 0 Å². The van der Waals surface area contributed by atoms with Gasteiger partial charge in [-0.2, -0.15) is 0 Å². The number of hydrogen-bond donors (Lipinski definition) is 0. The number of carbonyl (C=O) groups is 2. The van der Waals surface area contributed by atoms with Crippen molar-refractivity contribution in [1.82, 2.24) is 0 Å². The minimum atomic E-state index is -0.699. The molecule has 0 N–H and O–H groups in total. The van der Waals surface area contributed by atoms with Crippen molar-refractivity contribution in [2.75, 3.05) is 11.4 Å². The molecule has 0 radical (unpaired) electrons. The van der Waals surface area contributed by atoms with E-state index in [-0.39, 0.29) is 31.2 Å². The van der Waals surface area contributed by atoms with E-state index >= 15 is 0 Å². The van der Waals surface area contributed by atoms with Gasteiger partial charge in [-0.05, 0) is 30.2 Å². The van der Waals surface area contributed by atoms with Crippen molar-refractivity contribution in [1.29, 1.82) is 0 Å². The summed E-state index contributed by atoms with van der Waals surface area (Å²) in [6.07, 6.45) is 0.748. The van der Waals surface area contributed by atoms with Gasteiger partial charge in [-0.25, -0.2) is 9.18 Å². The number of rotatable bonds is 5. The molecule has 1 aliphatic rings. The number of anilines is 1. The predicted molar refractivity (Wildman–Crippen MR) is 109 cm³/mol. The van der Waals surface area contributed by atoms with Crippen molar-refractivity contribution in [3.8, 4) is 0 Å². The molecule has 1 atom stereocenters. The van der Waals surface area contributed by atoms with E-state index in [4.69, 9.17) is 9.15 Å². The number of carbonyl (C=O) groups excluding carboxylic acids is 2.